The number of para-hydroxylation sites is 1. The van der Waals surface area contributed by atoms with Crippen molar-refractivity contribution in [2.24, 2.45) is 5.92 Å². The molecule has 1 saturated heterocycles. The van der Waals surface area contributed by atoms with Crippen molar-refractivity contribution in [1.82, 2.24) is 9.88 Å². The Morgan fingerprint density at radius 3 is 2.79 bits per heavy atom. The van der Waals surface area contributed by atoms with Gasteiger partial charge < -0.3 is 19.1 Å². The standard InChI is InChI=1S/C23H32N2O4/c1-4-5-12-28-22-17(2)21(24-20-9-7-6-8-19(20)22)16-29-23(26)25(3)15-18-10-13-27-14-11-18/h6-9,18H,4-5,10-16H2,1-3H3. The fourth-order valence-electron chi connectivity index (χ4n) is 3.60. The van der Waals surface area contributed by atoms with Crippen molar-refractivity contribution in [1.29, 1.82) is 0 Å². The Morgan fingerprint density at radius 1 is 1.28 bits per heavy atom. The lowest BCUT2D eigenvalue weighted by Gasteiger charge is -2.26. The molecule has 29 heavy (non-hydrogen) atoms. The molecule has 0 unspecified atom stereocenters. The number of hydrogen-bond donors (Lipinski definition) is 0. The maximum atomic E-state index is 12.5. The third-order valence-electron chi connectivity index (χ3n) is 5.44. The van der Waals surface area contributed by atoms with Crippen LogP contribution in [-0.2, 0) is 16.1 Å². The minimum atomic E-state index is -0.320. The van der Waals surface area contributed by atoms with Gasteiger partial charge in [-0.2, -0.15) is 0 Å². The van der Waals surface area contributed by atoms with Crippen LogP contribution >= 0.6 is 0 Å². The molecular formula is C23H32N2O4. The second-order valence-electron chi connectivity index (χ2n) is 7.72. The Labute approximate surface area is 173 Å². The predicted octanol–water partition coefficient (Wildman–Crippen LogP) is 4.72. The molecule has 6 heteroatoms. The number of amides is 1. The molecule has 0 atom stereocenters. The number of hydrogen-bond acceptors (Lipinski definition) is 5. The van der Waals surface area contributed by atoms with E-state index >= 15 is 0 Å². The number of nitrogens with zero attached hydrogens (tertiary/aromatic N) is 2. The largest absolute Gasteiger partial charge is 0.493 e. The van der Waals surface area contributed by atoms with Crippen molar-refractivity contribution in [3.05, 3.63) is 35.5 Å². The summed E-state index contributed by atoms with van der Waals surface area (Å²) >= 11 is 0. The van der Waals surface area contributed by atoms with Crippen LogP contribution in [0.2, 0.25) is 0 Å². The number of unbranched alkanes of at least 4 members (excludes halogenated alkanes) is 1. The summed E-state index contributed by atoms with van der Waals surface area (Å²) in [4.78, 5) is 18.9. The summed E-state index contributed by atoms with van der Waals surface area (Å²) in [6.45, 7) is 7.16. The average molecular weight is 401 g/mol. The highest BCUT2D eigenvalue weighted by Crippen LogP contribution is 2.31. The quantitative estimate of drug-likeness (QED) is 0.600. The first-order valence-electron chi connectivity index (χ1n) is 10.6. The summed E-state index contributed by atoms with van der Waals surface area (Å²) in [5.41, 5.74) is 2.52. The van der Waals surface area contributed by atoms with Gasteiger partial charge in [-0.15, -0.1) is 0 Å². The van der Waals surface area contributed by atoms with Crippen LogP contribution in [0.15, 0.2) is 24.3 Å². The van der Waals surface area contributed by atoms with Crippen molar-refractivity contribution in [3.63, 3.8) is 0 Å². The Kier molecular flexibility index (Phi) is 7.69. The molecule has 1 aliphatic heterocycles. The average Bonchev–Trinajstić information content (AvgIpc) is 2.74. The fourth-order valence-corrected chi connectivity index (χ4v) is 3.60. The highest BCUT2D eigenvalue weighted by atomic mass is 16.6. The van der Waals surface area contributed by atoms with Crippen LogP contribution in [0.25, 0.3) is 10.9 Å². The van der Waals surface area contributed by atoms with E-state index in [1.807, 2.05) is 31.2 Å². The van der Waals surface area contributed by atoms with Crippen LogP contribution in [0.4, 0.5) is 4.79 Å². The Balaban J connectivity index is 1.68. The van der Waals surface area contributed by atoms with E-state index in [4.69, 9.17) is 19.2 Å². The highest BCUT2D eigenvalue weighted by Gasteiger charge is 2.20. The van der Waals surface area contributed by atoms with E-state index < -0.39 is 0 Å². The number of ether oxygens (including phenoxy) is 3. The molecule has 1 fully saturated rings. The summed E-state index contributed by atoms with van der Waals surface area (Å²) in [5, 5.41) is 0.993. The van der Waals surface area contributed by atoms with Gasteiger partial charge >= 0.3 is 6.09 Å². The summed E-state index contributed by atoms with van der Waals surface area (Å²) in [7, 11) is 1.79. The van der Waals surface area contributed by atoms with Gasteiger partial charge in [-0.1, -0.05) is 25.5 Å². The first kappa shape index (κ1) is 21.4. The number of carbonyl (C=O) groups excluding carboxylic acids is 1. The number of aromatic nitrogens is 1. The lowest BCUT2D eigenvalue weighted by Crippen LogP contribution is -2.34. The van der Waals surface area contributed by atoms with Crippen molar-refractivity contribution >= 4 is 17.0 Å². The zero-order valence-electron chi connectivity index (χ0n) is 17.8. The van der Waals surface area contributed by atoms with Gasteiger partial charge in [0.15, 0.2) is 0 Å². The first-order chi connectivity index (χ1) is 14.1. The Bertz CT molecular complexity index is 818. The van der Waals surface area contributed by atoms with Gasteiger partial charge in [0.05, 0.1) is 17.8 Å². The molecule has 2 heterocycles. The summed E-state index contributed by atoms with van der Waals surface area (Å²) in [6, 6.07) is 7.93. The van der Waals surface area contributed by atoms with Crippen LogP contribution in [-0.4, -0.2) is 49.4 Å². The Morgan fingerprint density at radius 2 is 2.03 bits per heavy atom. The van der Waals surface area contributed by atoms with Crippen LogP contribution in [0.1, 0.15) is 43.9 Å². The number of benzene rings is 1. The lowest BCUT2D eigenvalue weighted by molar-refractivity contribution is 0.0494. The monoisotopic (exact) mass is 400 g/mol. The Hall–Kier alpha value is -2.34. The molecule has 1 aromatic carbocycles. The van der Waals surface area contributed by atoms with Gasteiger partial charge in [0.2, 0.25) is 0 Å². The van der Waals surface area contributed by atoms with Gasteiger partial charge in [0, 0.05) is 37.8 Å². The molecule has 2 aromatic rings. The molecule has 0 bridgehead atoms. The number of rotatable bonds is 8. The minimum absolute atomic E-state index is 0.137. The number of fused-ring (bicyclic) bond motifs is 1. The predicted molar refractivity (Wildman–Crippen MR) is 113 cm³/mol. The molecule has 158 valence electrons. The fraction of sp³-hybridized carbons (Fsp3) is 0.565. The maximum Gasteiger partial charge on any atom is 0.409 e. The summed E-state index contributed by atoms with van der Waals surface area (Å²) in [5.74, 6) is 1.31. The second kappa shape index (κ2) is 10.4. The van der Waals surface area contributed by atoms with E-state index in [2.05, 4.69) is 6.92 Å². The van der Waals surface area contributed by atoms with Crippen molar-refractivity contribution in [2.45, 2.75) is 46.1 Å². The summed E-state index contributed by atoms with van der Waals surface area (Å²) in [6.07, 6.45) is 3.73. The van der Waals surface area contributed by atoms with Gasteiger partial charge in [0.1, 0.15) is 12.4 Å². The van der Waals surface area contributed by atoms with Crippen LogP contribution in [0.3, 0.4) is 0 Å². The van der Waals surface area contributed by atoms with Gasteiger partial charge in [0.25, 0.3) is 0 Å². The molecule has 1 amide bonds. The molecule has 0 radical (unpaired) electrons. The van der Waals surface area contributed by atoms with E-state index in [-0.39, 0.29) is 12.7 Å². The molecule has 0 spiro atoms. The maximum absolute atomic E-state index is 12.5. The molecule has 0 saturated carbocycles. The van der Waals surface area contributed by atoms with E-state index in [9.17, 15) is 4.79 Å². The van der Waals surface area contributed by atoms with Crippen molar-refractivity contribution < 1.29 is 19.0 Å². The molecule has 6 nitrogen and oxygen atoms in total. The molecule has 1 aliphatic rings. The zero-order chi connectivity index (χ0) is 20.6. The van der Waals surface area contributed by atoms with E-state index in [1.54, 1.807) is 11.9 Å². The highest BCUT2D eigenvalue weighted by molar-refractivity contribution is 5.86. The molecule has 0 N–H and O–H groups in total. The number of carbonyl (C=O) groups is 1. The van der Waals surface area contributed by atoms with Crippen LogP contribution < -0.4 is 4.74 Å². The van der Waals surface area contributed by atoms with Crippen molar-refractivity contribution in [2.75, 3.05) is 33.4 Å². The van der Waals surface area contributed by atoms with E-state index in [1.165, 1.54) is 0 Å². The second-order valence-corrected chi connectivity index (χ2v) is 7.72. The van der Waals surface area contributed by atoms with E-state index in [0.29, 0.717) is 19.1 Å². The lowest BCUT2D eigenvalue weighted by atomic mass is 10.0. The van der Waals surface area contributed by atoms with Gasteiger partial charge in [-0.25, -0.2) is 9.78 Å². The number of pyridine rings is 1. The van der Waals surface area contributed by atoms with Crippen LogP contribution in [0, 0.1) is 12.8 Å². The SMILES string of the molecule is CCCCOc1c(C)c(COC(=O)N(C)CC2CCOCC2)nc2ccccc12. The first-order valence-corrected chi connectivity index (χ1v) is 10.6. The topological polar surface area (TPSA) is 60.9 Å². The minimum Gasteiger partial charge on any atom is -0.493 e. The van der Waals surface area contributed by atoms with Crippen LogP contribution in [0.5, 0.6) is 5.75 Å². The normalized spacial score (nSPS) is 14.7. The van der Waals surface area contributed by atoms with Crippen molar-refractivity contribution in [3.8, 4) is 5.75 Å². The third kappa shape index (κ3) is 5.60. The smallest absolute Gasteiger partial charge is 0.409 e. The van der Waals surface area contributed by atoms with Gasteiger partial charge in [-0.05, 0) is 44.2 Å². The molecule has 3 rings (SSSR count). The molecule has 1 aromatic heterocycles. The van der Waals surface area contributed by atoms with E-state index in [0.717, 1.165) is 66.8 Å². The molecule has 0 aliphatic carbocycles. The zero-order valence-corrected chi connectivity index (χ0v) is 17.8. The molecular weight excluding hydrogens is 368 g/mol. The van der Waals surface area contributed by atoms with Gasteiger partial charge in [-0.3, -0.25) is 0 Å². The summed E-state index contributed by atoms with van der Waals surface area (Å²) < 4.78 is 17.0. The third-order valence-corrected chi connectivity index (χ3v) is 5.44.